The molecule has 1 aliphatic rings. The molecule has 0 radical (unpaired) electrons. The molecule has 2 aromatic carbocycles. The molecule has 0 atom stereocenters. The Morgan fingerprint density at radius 1 is 1.13 bits per heavy atom. The number of aryl methyl sites for hydroxylation is 1. The van der Waals surface area contributed by atoms with E-state index < -0.39 is 11.7 Å². The SMILES string of the molecule is O=C1/C(=C/c2ccc(Cl)c(Cl)c2)N=C(SCCn2cncn2)N1c1ccccc1F. The smallest absolute Gasteiger partial charge is 0.266 e. The van der Waals surface area contributed by atoms with Crippen LogP contribution in [0.2, 0.25) is 10.0 Å². The summed E-state index contributed by atoms with van der Waals surface area (Å²) in [7, 11) is 0. The van der Waals surface area contributed by atoms with E-state index in [-0.39, 0.29) is 11.4 Å². The topological polar surface area (TPSA) is 63.4 Å². The summed E-state index contributed by atoms with van der Waals surface area (Å²) < 4.78 is 16.1. The number of halogens is 3. The van der Waals surface area contributed by atoms with E-state index >= 15 is 0 Å². The maximum absolute atomic E-state index is 14.5. The third kappa shape index (κ3) is 4.40. The second-order valence-electron chi connectivity index (χ2n) is 6.20. The molecule has 10 heteroatoms. The largest absolute Gasteiger partial charge is 0.283 e. The Bertz CT molecular complexity index is 1150. The molecule has 0 spiro atoms. The Balaban J connectivity index is 1.64. The number of amidine groups is 1. The first-order chi connectivity index (χ1) is 14.5. The van der Waals surface area contributed by atoms with Gasteiger partial charge in [-0.15, -0.1) is 0 Å². The Hall–Kier alpha value is -2.68. The van der Waals surface area contributed by atoms with Crippen molar-refractivity contribution in [2.45, 2.75) is 6.54 Å². The monoisotopic (exact) mass is 461 g/mol. The van der Waals surface area contributed by atoms with E-state index in [1.165, 1.54) is 29.1 Å². The average molecular weight is 462 g/mol. The summed E-state index contributed by atoms with van der Waals surface area (Å²) in [5, 5.41) is 5.22. The number of amides is 1. The van der Waals surface area contributed by atoms with E-state index in [1.807, 2.05) is 0 Å². The summed E-state index contributed by atoms with van der Waals surface area (Å²) in [4.78, 5) is 22.7. The van der Waals surface area contributed by atoms with E-state index in [2.05, 4.69) is 15.1 Å². The van der Waals surface area contributed by atoms with E-state index in [9.17, 15) is 9.18 Å². The summed E-state index contributed by atoms with van der Waals surface area (Å²) in [6.07, 6.45) is 4.65. The maximum Gasteiger partial charge on any atom is 0.283 e. The van der Waals surface area contributed by atoms with Crippen LogP contribution in [-0.4, -0.2) is 31.6 Å². The lowest BCUT2D eigenvalue weighted by Crippen LogP contribution is -2.31. The molecule has 3 aromatic rings. The Morgan fingerprint density at radius 3 is 2.70 bits per heavy atom. The van der Waals surface area contributed by atoms with Gasteiger partial charge in [0, 0.05) is 5.75 Å². The molecule has 6 nitrogen and oxygen atoms in total. The molecule has 0 fully saturated rings. The number of thioether (sulfide) groups is 1. The van der Waals surface area contributed by atoms with Crippen molar-refractivity contribution in [3.05, 3.63) is 82.2 Å². The highest BCUT2D eigenvalue weighted by atomic mass is 35.5. The van der Waals surface area contributed by atoms with Crippen molar-refractivity contribution in [1.29, 1.82) is 0 Å². The standard InChI is InChI=1S/C20H14Cl2FN5OS/c21-14-6-5-13(9-15(14)22)10-17-19(29)28(18-4-2-1-3-16(18)23)20(26-17)30-8-7-27-12-24-11-25-27/h1-6,9-12H,7-8H2/b17-10-. The Labute approximate surface area is 186 Å². The summed E-state index contributed by atoms with van der Waals surface area (Å²) in [6.45, 7) is 0.564. The molecule has 0 saturated heterocycles. The lowest BCUT2D eigenvalue weighted by Gasteiger charge is -2.18. The van der Waals surface area contributed by atoms with Crippen molar-refractivity contribution in [2.75, 3.05) is 10.7 Å². The normalized spacial score (nSPS) is 15.2. The first-order valence-corrected chi connectivity index (χ1v) is 10.6. The van der Waals surface area contributed by atoms with Gasteiger partial charge in [-0.3, -0.25) is 14.4 Å². The molecule has 4 rings (SSSR count). The number of benzene rings is 2. The van der Waals surface area contributed by atoms with Gasteiger partial charge < -0.3 is 0 Å². The molecule has 1 amide bonds. The van der Waals surface area contributed by atoms with E-state index in [4.69, 9.17) is 23.2 Å². The number of para-hydroxylation sites is 1. The molecule has 2 heterocycles. The zero-order valence-electron chi connectivity index (χ0n) is 15.4. The van der Waals surface area contributed by atoms with Gasteiger partial charge in [0.25, 0.3) is 5.91 Å². The molecule has 30 heavy (non-hydrogen) atoms. The van der Waals surface area contributed by atoms with Gasteiger partial charge in [-0.1, -0.05) is 53.2 Å². The van der Waals surface area contributed by atoms with Crippen LogP contribution in [0.5, 0.6) is 0 Å². The van der Waals surface area contributed by atoms with Crippen LogP contribution >= 0.6 is 35.0 Å². The van der Waals surface area contributed by atoms with Gasteiger partial charge in [-0.25, -0.2) is 14.4 Å². The predicted octanol–water partition coefficient (Wildman–Crippen LogP) is 4.90. The lowest BCUT2D eigenvalue weighted by molar-refractivity contribution is -0.113. The fraction of sp³-hybridized carbons (Fsp3) is 0.100. The molecule has 1 aromatic heterocycles. The minimum Gasteiger partial charge on any atom is -0.266 e. The second kappa shape index (κ2) is 8.99. The van der Waals surface area contributed by atoms with Crippen molar-refractivity contribution >= 4 is 57.8 Å². The third-order valence-corrected chi connectivity index (χ3v) is 5.85. The molecule has 0 unspecified atom stereocenters. The maximum atomic E-state index is 14.5. The number of hydrogen-bond acceptors (Lipinski definition) is 5. The molecule has 0 saturated carbocycles. The summed E-state index contributed by atoms with van der Waals surface area (Å²) in [6, 6.07) is 11.1. The van der Waals surface area contributed by atoms with Crippen LogP contribution in [0.15, 0.2) is 65.8 Å². The highest BCUT2D eigenvalue weighted by molar-refractivity contribution is 8.14. The predicted molar refractivity (Wildman–Crippen MR) is 118 cm³/mol. The van der Waals surface area contributed by atoms with Crippen molar-refractivity contribution in [2.24, 2.45) is 4.99 Å². The summed E-state index contributed by atoms with van der Waals surface area (Å²) in [5.41, 5.74) is 0.991. The molecular formula is C20H14Cl2FN5OS. The minimum atomic E-state index is -0.508. The van der Waals surface area contributed by atoms with Gasteiger partial charge in [-0.05, 0) is 35.9 Å². The number of carbonyl (C=O) groups is 1. The molecular weight excluding hydrogens is 448 g/mol. The van der Waals surface area contributed by atoms with Crippen LogP contribution in [-0.2, 0) is 11.3 Å². The van der Waals surface area contributed by atoms with E-state index in [0.717, 1.165) is 0 Å². The first kappa shape index (κ1) is 20.6. The van der Waals surface area contributed by atoms with Gasteiger partial charge in [-0.2, -0.15) is 5.10 Å². The van der Waals surface area contributed by atoms with Crippen LogP contribution in [0.25, 0.3) is 6.08 Å². The van der Waals surface area contributed by atoms with Gasteiger partial charge in [0.2, 0.25) is 0 Å². The summed E-state index contributed by atoms with van der Waals surface area (Å²) >= 11 is 13.4. The number of anilines is 1. The highest BCUT2D eigenvalue weighted by Crippen LogP contribution is 2.32. The molecule has 0 bridgehead atoms. The number of hydrogen-bond donors (Lipinski definition) is 0. The number of rotatable bonds is 5. The van der Waals surface area contributed by atoms with Crippen molar-refractivity contribution in [1.82, 2.24) is 14.8 Å². The van der Waals surface area contributed by atoms with Gasteiger partial charge in [0.1, 0.15) is 24.2 Å². The van der Waals surface area contributed by atoms with Gasteiger partial charge in [0.15, 0.2) is 5.17 Å². The molecule has 152 valence electrons. The van der Waals surface area contributed by atoms with Crippen LogP contribution in [0.4, 0.5) is 10.1 Å². The van der Waals surface area contributed by atoms with Crippen molar-refractivity contribution < 1.29 is 9.18 Å². The zero-order valence-corrected chi connectivity index (χ0v) is 17.7. The molecule has 0 aliphatic carbocycles. The number of aromatic nitrogens is 3. The van der Waals surface area contributed by atoms with Crippen LogP contribution in [0, 0.1) is 5.82 Å². The lowest BCUT2D eigenvalue weighted by atomic mass is 10.2. The van der Waals surface area contributed by atoms with Crippen LogP contribution in [0.1, 0.15) is 5.56 Å². The average Bonchev–Trinajstić information content (AvgIpc) is 3.34. The second-order valence-corrected chi connectivity index (χ2v) is 8.07. The molecule has 1 aliphatic heterocycles. The van der Waals surface area contributed by atoms with Crippen molar-refractivity contribution in [3.8, 4) is 0 Å². The fourth-order valence-corrected chi connectivity index (χ4v) is 4.02. The van der Waals surface area contributed by atoms with Crippen molar-refractivity contribution in [3.63, 3.8) is 0 Å². The molecule has 0 N–H and O–H groups in total. The number of nitrogens with zero attached hydrogens (tertiary/aromatic N) is 5. The number of aliphatic imine (C=N–C) groups is 1. The number of carbonyl (C=O) groups excluding carboxylic acids is 1. The quantitative estimate of drug-likeness (QED) is 0.506. The highest BCUT2D eigenvalue weighted by Gasteiger charge is 2.33. The van der Waals surface area contributed by atoms with Crippen LogP contribution in [0.3, 0.4) is 0 Å². The first-order valence-electron chi connectivity index (χ1n) is 8.82. The van der Waals surface area contributed by atoms with Gasteiger partial charge in [0.05, 0.1) is 22.3 Å². The van der Waals surface area contributed by atoms with E-state index in [0.29, 0.717) is 33.1 Å². The zero-order chi connectivity index (χ0) is 21.1. The minimum absolute atomic E-state index is 0.145. The third-order valence-electron chi connectivity index (χ3n) is 4.19. The Morgan fingerprint density at radius 2 is 1.97 bits per heavy atom. The summed E-state index contributed by atoms with van der Waals surface area (Å²) in [5.74, 6) is -0.360. The fourth-order valence-electron chi connectivity index (χ4n) is 2.78. The van der Waals surface area contributed by atoms with Gasteiger partial charge >= 0.3 is 0 Å². The van der Waals surface area contributed by atoms with Crippen LogP contribution < -0.4 is 4.90 Å². The Kier molecular flexibility index (Phi) is 6.17. The van der Waals surface area contributed by atoms with E-state index in [1.54, 1.807) is 53.5 Å².